The molecule has 2 rings (SSSR count). The molecular formula is C14H15FN2O3. The van der Waals surface area contributed by atoms with Crippen molar-refractivity contribution in [3.63, 3.8) is 0 Å². The van der Waals surface area contributed by atoms with Gasteiger partial charge < -0.3 is 10.2 Å². The molecule has 1 aliphatic heterocycles. The van der Waals surface area contributed by atoms with Gasteiger partial charge in [-0.25, -0.2) is 4.39 Å². The second-order valence-electron chi connectivity index (χ2n) is 4.91. The van der Waals surface area contributed by atoms with E-state index in [9.17, 15) is 18.8 Å². The minimum absolute atomic E-state index is 0.101. The molecule has 1 saturated heterocycles. The van der Waals surface area contributed by atoms with Crippen LogP contribution in [-0.4, -0.2) is 36.1 Å². The molecule has 0 bridgehead atoms. The Hall–Kier alpha value is -2.24. The maximum Gasteiger partial charge on any atom is 0.229 e. The van der Waals surface area contributed by atoms with Gasteiger partial charge in [-0.3, -0.25) is 14.4 Å². The lowest BCUT2D eigenvalue weighted by molar-refractivity contribution is -0.127. The van der Waals surface area contributed by atoms with E-state index in [0.717, 1.165) is 6.07 Å². The summed E-state index contributed by atoms with van der Waals surface area (Å²) in [6, 6.07) is 3.60. The smallest absolute Gasteiger partial charge is 0.229 e. The average Bonchev–Trinajstić information content (AvgIpc) is 2.69. The molecule has 0 saturated carbocycles. The average molecular weight is 278 g/mol. The molecule has 2 amide bonds. The maximum atomic E-state index is 13.2. The predicted octanol–water partition coefficient (Wildman–Crippen LogP) is 1.45. The lowest BCUT2D eigenvalue weighted by atomic mass is 10.1. The maximum absolute atomic E-state index is 13.2. The van der Waals surface area contributed by atoms with Crippen molar-refractivity contribution in [3.8, 4) is 0 Å². The Balaban J connectivity index is 2.18. The number of benzene rings is 1. The Kier molecular flexibility index (Phi) is 3.83. The molecule has 1 fully saturated rings. The first-order valence-corrected chi connectivity index (χ1v) is 6.24. The molecule has 5 nitrogen and oxygen atoms in total. The second kappa shape index (κ2) is 5.40. The summed E-state index contributed by atoms with van der Waals surface area (Å²) in [4.78, 5) is 36.4. The molecule has 0 unspecified atom stereocenters. The number of rotatable bonds is 3. The highest BCUT2D eigenvalue weighted by molar-refractivity contribution is 6.05. The summed E-state index contributed by atoms with van der Waals surface area (Å²) in [5.74, 6) is -1.76. The van der Waals surface area contributed by atoms with Crippen LogP contribution in [0.3, 0.4) is 0 Å². The predicted molar refractivity (Wildman–Crippen MR) is 70.8 cm³/mol. The van der Waals surface area contributed by atoms with Crippen LogP contribution < -0.4 is 5.32 Å². The molecule has 1 atom stereocenters. The van der Waals surface area contributed by atoms with E-state index in [-0.39, 0.29) is 35.3 Å². The standard InChI is InChI=1S/C14H15FN2O3/c1-8(18)11-4-3-10(15)6-12(11)16-14(20)9-5-13(19)17(2)7-9/h3-4,6,9H,5,7H2,1-2H3,(H,16,20)/t9-/m0/s1. The van der Waals surface area contributed by atoms with Crippen molar-refractivity contribution in [1.29, 1.82) is 0 Å². The van der Waals surface area contributed by atoms with Gasteiger partial charge in [-0.15, -0.1) is 0 Å². The van der Waals surface area contributed by atoms with Crippen molar-refractivity contribution in [3.05, 3.63) is 29.6 Å². The normalized spacial score (nSPS) is 18.2. The number of carbonyl (C=O) groups excluding carboxylic acids is 3. The summed E-state index contributed by atoms with van der Waals surface area (Å²) in [5, 5.41) is 2.54. The van der Waals surface area contributed by atoms with E-state index < -0.39 is 11.7 Å². The number of hydrogen-bond acceptors (Lipinski definition) is 3. The van der Waals surface area contributed by atoms with Crippen molar-refractivity contribution in [2.45, 2.75) is 13.3 Å². The van der Waals surface area contributed by atoms with E-state index in [2.05, 4.69) is 5.32 Å². The molecule has 1 aromatic carbocycles. The van der Waals surface area contributed by atoms with Crippen LogP contribution in [0, 0.1) is 11.7 Å². The van der Waals surface area contributed by atoms with Gasteiger partial charge in [-0.05, 0) is 25.1 Å². The Morgan fingerprint density at radius 2 is 2.10 bits per heavy atom. The SMILES string of the molecule is CC(=O)c1ccc(F)cc1NC(=O)[C@H]1CC(=O)N(C)C1. The number of carbonyl (C=O) groups is 3. The number of ketones is 1. The molecule has 0 aliphatic carbocycles. The van der Waals surface area contributed by atoms with Crippen molar-refractivity contribution in [2.24, 2.45) is 5.92 Å². The highest BCUT2D eigenvalue weighted by Crippen LogP contribution is 2.22. The van der Waals surface area contributed by atoms with E-state index in [1.807, 2.05) is 0 Å². The largest absolute Gasteiger partial charge is 0.345 e. The summed E-state index contributed by atoms with van der Waals surface area (Å²) in [6.07, 6.45) is 0.132. The van der Waals surface area contributed by atoms with Gasteiger partial charge >= 0.3 is 0 Å². The fourth-order valence-corrected chi connectivity index (χ4v) is 2.20. The van der Waals surface area contributed by atoms with E-state index >= 15 is 0 Å². The van der Waals surface area contributed by atoms with Crippen LogP contribution in [0.4, 0.5) is 10.1 Å². The van der Waals surface area contributed by atoms with Gasteiger partial charge in [0, 0.05) is 25.6 Å². The zero-order chi connectivity index (χ0) is 14.9. The molecule has 0 radical (unpaired) electrons. The summed E-state index contributed by atoms with van der Waals surface area (Å²) in [5.41, 5.74) is 0.391. The molecule has 20 heavy (non-hydrogen) atoms. The van der Waals surface area contributed by atoms with Gasteiger partial charge in [0.25, 0.3) is 0 Å². The number of nitrogens with zero attached hydrogens (tertiary/aromatic N) is 1. The highest BCUT2D eigenvalue weighted by Gasteiger charge is 2.32. The molecule has 106 valence electrons. The number of amides is 2. The summed E-state index contributed by atoms with van der Waals surface area (Å²) >= 11 is 0. The summed E-state index contributed by atoms with van der Waals surface area (Å²) in [6.45, 7) is 1.67. The minimum atomic E-state index is -0.537. The van der Waals surface area contributed by atoms with E-state index in [0.29, 0.717) is 6.54 Å². The molecule has 6 heteroatoms. The van der Waals surface area contributed by atoms with Gasteiger partial charge in [0.2, 0.25) is 11.8 Å². The van der Waals surface area contributed by atoms with E-state index in [1.165, 1.54) is 24.0 Å². The van der Waals surface area contributed by atoms with Gasteiger partial charge in [0.15, 0.2) is 5.78 Å². The lowest BCUT2D eigenvalue weighted by Crippen LogP contribution is -2.26. The topological polar surface area (TPSA) is 66.5 Å². The molecule has 1 aliphatic rings. The number of nitrogens with one attached hydrogen (secondary N) is 1. The Labute approximate surface area is 115 Å². The number of hydrogen-bond donors (Lipinski definition) is 1. The van der Waals surface area contributed by atoms with Crippen LogP contribution in [0.2, 0.25) is 0 Å². The highest BCUT2D eigenvalue weighted by atomic mass is 19.1. The lowest BCUT2D eigenvalue weighted by Gasteiger charge is -2.13. The Morgan fingerprint density at radius 3 is 2.65 bits per heavy atom. The van der Waals surface area contributed by atoms with Crippen molar-refractivity contribution < 1.29 is 18.8 Å². The first-order valence-electron chi connectivity index (χ1n) is 6.24. The van der Waals surface area contributed by atoms with Gasteiger partial charge in [-0.1, -0.05) is 0 Å². The van der Waals surface area contributed by atoms with E-state index in [4.69, 9.17) is 0 Å². The Bertz CT molecular complexity index is 586. The molecule has 1 aromatic rings. The van der Waals surface area contributed by atoms with Crippen LogP contribution in [0.1, 0.15) is 23.7 Å². The zero-order valence-corrected chi connectivity index (χ0v) is 11.3. The van der Waals surface area contributed by atoms with Gasteiger partial charge in [0.05, 0.1) is 11.6 Å². The molecule has 1 heterocycles. The van der Waals surface area contributed by atoms with Gasteiger partial charge in [0.1, 0.15) is 5.82 Å². The number of anilines is 1. The zero-order valence-electron chi connectivity index (χ0n) is 11.3. The quantitative estimate of drug-likeness (QED) is 0.851. The molecular weight excluding hydrogens is 263 g/mol. The van der Waals surface area contributed by atoms with Crippen LogP contribution in [0.25, 0.3) is 0 Å². The van der Waals surface area contributed by atoms with Crippen molar-refractivity contribution in [2.75, 3.05) is 18.9 Å². The molecule has 0 aromatic heterocycles. The second-order valence-corrected chi connectivity index (χ2v) is 4.91. The summed E-state index contributed by atoms with van der Waals surface area (Å²) in [7, 11) is 1.62. The first kappa shape index (κ1) is 14.2. The number of Topliss-reactive ketones (excluding diaryl/α,β-unsaturated/α-hetero) is 1. The van der Waals surface area contributed by atoms with Crippen LogP contribution >= 0.6 is 0 Å². The molecule has 0 spiro atoms. The third kappa shape index (κ3) is 2.84. The fraction of sp³-hybridized carbons (Fsp3) is 0.357. The third-order valence-electron chi connectivity index (χ3n) is 3.33. The van der Waals surface area contributed by atoms with E-state index in [1.54, 1.807) is 7.05 Å². The Morgan fingerprint density at radius 1 is 1.40 bits per heavy atom. The monoisotopic (exact) mass is 278 g/mol. The van der Waals surface area contributed by atoms with Crippen LogP contribution in [0.15, 0.2) is 18.2 Å². The first-order chi connectivity index (χ1) is 9.38. The fourth-order valence-electron chi connectivity index (χ4n) is 2.20. The minimum Gasteiger partial charge on any atom is -0.345 e. The van der Waals surface area contributed by atoms with Crippen LogP contribution in [0.5, 0.6) is 0 Å². The molecule has 1 N–H and O–H groups in total. The van der Waals surface area contributed by atoms with Crippen molar-refractivity contribution in [1.82, 2.24) is 4.90 Å². The number of halogens is 1. The van der Waals surface area contributed by atoms with Gasteiger partial charge in [-0.2, -0.15) is 0 Å². The third-order valence-corrected chi connectivity index (χ3v) is 3.33. The summed E-state index contributed by atoms with van der Waals surface area (Å²) < 4.78 is 13.2. The van der Waals surface area contributed by atoms with Crippen molar-refractivity contribution >= 4 is 23.3 Å². The number of likely N-dealkylation sites (tertiary alicyclic amines) is 1. The van der Waals surface area contributed by atoms with Crippen LogP contribution in [-0.2, 0) is 9.59 Å².